The van der Waals surface area contributed by atoms with Crippen LogP contribution in [0, 0.1) is 11.3 Å². The summed E-state index contributed by atoms with van der Waals surface area (Å²) < 4.78 is 10.6. The molecule has 0 heterocycles. The summed E-state index contributed by atoms with van der Waals surface area (Å²) in [4.78, 5) is 11.9. The number of halogens is 1. The zero-order valence-corrected chi connectivity index (χ0v) is 15.6. The normalized spacial score (nSPS) is 10.8. The number of hydrogen-bond acceptors (Lipinski definition) is 4. The average molecular weight is 390 g/mol. The van der Waals surface area contributed by atoms with E-state index in [-0.39, 0.29) is 6.61 Å². The standard InChI is InChI=1S/C23H16ClNO3/c24-20-6-4-5-18(14-20)19(15-25)13-17-9-11-22(12-10-17)28-23(26)16-27-21-7-2-1-3-8-21/h1-14H,16H2/b19-13-. The lowest BCUT2D eigenvalue weighted by atomic mass is 10.0. The highest BCUT2D eigenvalue weighted by Crippen LogP contribution is 2.22. The van der Waals surface area contributed by atoms with Crippen molar-refractivity contribution in [3.05, 3.63) is 95.0 Å². The van der Waals surface area contributed by atoms with Gasteiger partial charge in [0, 0.05) is 5.02 Å². The second-order valence-electron chi connectivity index (χ2n) is 5.82. The van der Waals surface area contributed by atoms with Gasteiger partial charge in [0.1, 0.15) is 11.5 Å². The summed E-state index contributed by atoms with van der Waals surface area (Å²) in [5, 5.41) is 9.98. The smallest absolute Gasteiger partial charge is 0.349 e. The number of nitriles is 1. The number of rotatable bonds is 6. The summed E-state index contributed by atoms with van der Waals surface area (Å²) in [6, 6.07) is 25.2. The van der Waals surface area contributed by atoms with Crippen LogP contribution in [0.4, 0.5) is 0 Å². The van der Waals surface area contributed by atoms with E-state index in [4.69, 9.17) is 21.1 Å². The SMILES string of the molecule is N#C/C(=C/c1ccc(OC(=O)COc2ccccc2)cc1)c1cccc(Cl)c1. The molecule has 0 saturated carbocycles. The highest BCUT2D eigenvalue weighted by atomic mass is 35.5. The van der Waals surface area contributed by atoms with Gasteiger partial charge in [0.15, 0.2) is 6.61 Å². The average Bonchev–Trinajstić information content (AvgIpc) is 2.72. The highest BCUT2D eigenvalue weighted by molar-refractivity contribution is 6.30. The predicted molar refractivity (Wildman–Crippen MR) is 109 cm³/mol. The molecule has 0 saturated heterocycles. The van der Waals surface area contributed by atoms with Crippen LogP contribution in [-0.2, 0) is 4.79 Å². The molecule has 0 spiro atoms. The van der Waals surface area contributed by atoms with E-state index in [1.807, 2.05) is 24.3 Å². The third kappa shape index (κ3) is 5.47. The fourth-order valence-corrected chi connectivity index (χ4v) is 2.65. The topological polar surface area (TPSA) is 59.3 Å². The van der Waals surface area contributed by atoms with Gasteiger partial charge in [-0.15, -0.1) is 0 Å². The van der Waals surface area contributed by atoms with E-state index in [1.165, 1.54) is 0 Å². The van der Waals surface area contributed by atoms with Crippen molar-refractivity contribution in [2.24, 2.45) is 0 Å². The number of hydrogen-bond donors (Lipinski definition) is 0. The van der Waals surface area contributed by atoms with E-state index < -0.39 is 5.97 Å². The number of ether oxygens (including phenoxy) is 2. The minimum atomic E-state index is -0.496. The maximum Gasteiger partial charge on any atom is 0.349 e. The summed E-state index contributed by atoms with van der Waals surface area (Å²) in [7, 11) is 0. The van der Waals surface area contributed by atoms with E-state index in [0.29, 0.717) is 22.1 Å². The summed E-state index contributed by atoms with van der Waals surface area (Å²) in [5.74, 6) is 0.508. The van der Waals surface area contributed by atoms with E-state index in [9.17, 15) is 10.1 Å². The molecule has 3 aromatic carbocycles. The number of nitrogens with zero attached hydrogens (tertiary/aromatic N) is 1. The lowest BCUT2D eigenvalue weighted by Gasteiger charge is -2.07. The minimum Gasteiger partial charge on any atom is -0.482 e. The Morgan fingerprint density at radius 2 is 1.71 bits per heavy atom. The molecular formula is C23H16ClNO3. The fraction of sp³-hybridized carbons (Fsp3) is 0.0435. The molecule has 0 aliphatic rings. The predicted octanol–water partition coefficient (Wildman–Crippen LogP) is 5.39. The third-order valence-corrected chi connectivity index (χ3v) is 4.01. The van der Waals surface area contributed by atoms with Gasteiger partial charge in [-0.3, -0.25) is 0 Å². The summed E-state index contributed by atoms with van der Waals surface area (Å²) in [6.07, 6.45) is 1.75. The van der Waals surface area contributed by atoms with Crippen molar-refractivity contribution in [2.75, 3.05) is 6.61 Å². The molecule has 0 fully saturated rings. The summed E-state index contributed by atoms with van der Waals surface area (Å²) in [6.45, 7) is -0.182. The number of carbonyl (C=O) groups is 1. The molecule has 28 heavy (non-hydrogen) atoms. The number of allylic oxidation sites excluding steroid dienone is 1. The largest absolute Gasteiger partial charge is 0.482 e. The van der Waals surface area contributed by atoms with Crippen LogP contribution in [0.1, 0.15) is 11.1 Å². The van der Waals surface area contributed by atoms with Gasteiger partial charge in [0.25, 0.3) is 0 Å². The molecule has 0 aromatic heterocycles. The van der Waals surface area contributed by atoms with Crippen molar-refractivity contribution in [3.8, 4) is 17.6 Å². The van der Waals surface area contributed by atoms with Crippen LogP contribution >= 0.6 is 11.6 Å². The van der Waals surface area contributed by atoms with Crippen molar-refractivity contribution in [1.29, 1.82) is 5.26 Å². The van der Waals surface area contributed by atoms with Crippen LogP contribution in [0.2, 0.25) is 5.02 Å². The Morgan fingerprint density at radius 3 is 2.39 bits per heavy atom. The van der Waals surface area contributed by atoms with Crippen LogP contribution < -0.4 is 9.47 Å². The van der Waals surface area contributed by atoms with Crippen molar-refractivity contribution >= 4 is 29.2 Å². The number of esters is 1. The highest BCUT2D eigenvalue weighted by Gasteiger charge is 2.07. The van der Waals surface area contributed by atoms with E-state index in [2.05, 4.69) is 6.07 Å². The quantitative estimate of drug-likeness (QED) is 0.245. The van der Waals surface area contributed by atoms with E-state index in [1.54, 1.807) is 60.7 Å². The van der Waals surface area contributed by atoms with E-state index in [0.717, 1.165) is 11.1 Å². The molecule has 4 nitrogen and oxygen atoms in total. The fourth-order valence-electron chi connectivity index (χ4n) is 2.45. The van der Waals surface area contributed by atoms with Gasteiger partial charge in [0.2, 0.25) is 0 Å². The molecule has 3 rings (SSSR count). The first-order valence-electron chi connectivity index (χ1n) is 8.50. The first-order valence-corrected chi connectivity index (χ1v) is 8.88. The first kappa shape index (κ1) is 19.2. The van der Waals surface area contributed by atoms with Gasteiger partial charge < -0.3 is 9.47 Å². The van der Waals surface area contributed by atoms with Crippen molar-refractivity contribution < 1.29 is 14.3 Å². The molecule has 0 aliphatic carbocycles. The molecule has 138 valence electrons. The van der Waals surface area contributed by atoms with Crippen LogP contribution in [0.25, 0.3) is 11.6 Å². The van der Waals surface area contributed by atoms with Crippen LogP contribution in [0.5, 0.6) is 11.5 Å². The Morgan fingerprint density at radius 1 is 0.964 bits per heavy atom. The van der Waals surface area contributed by atoms with Crippen LogP contribution in [-0.4, -0.2) is 12.6 Å². The number of carbonyl (C=O) groups excluding carboxylic acids is 1. The first-order chi connectivity index (χ1) is 13.6. The van der Waals surface area contributed by atoms with Crippen molar-refractivity contribution in [1.82, 2.24) is 0 Å². The zero-order chi connectivity index (χ0) is 19.8. The second kappa shape index (κ2) is 9.40. The van der Waals surface area contributed by atoms with Gasteiger partial charge in [0.05, 0.1) is 11.6 Å². The van der Waals surface area contributed by atoms with Crippen molar-refractivity contribution in [2.45, 2.75) is 0 Å². The molecule has 0 bridgehead atoms. The van der Waals surface area contributed by atoms with Crippen molar-refractivity contribution in [3.63, 3.8) is 0 Å². The van der Waals surface area contributed by atoms with Gasteiger partial charge in [-0.05, 0) is 53.6 Å². The second-order valence-corrected chi connectivity index (χ2v) is 6.26. The zero-order valence-electron chi connectivity index (χ0n) is 14.8. The molecule has 0 N–H and O–H groups in total. The molecular weight excluding hydrogens is 374 g/mol. The third-order valence-electron chi connectivity index (χ3n) is 3.78. The maximum absolute atomic E-state index is 11.9. The Labute approximate surface area is 168 Å². The Bertz CT molecular complexity index is 1020. The van der Waals surface area contributed by atoms with Gasteiger partial charge >= 0.3 is 5.97 Å². The van der Waals surface area contributed by atoms with E-state index >= 15 is 0 Å². The lowest BCUT2D eigenvalue weighted by molar-refractivity contribution is -0.136. The molecule has 0 amide bonds. The van der Waals surface area contributed by atoms with Gasteiger partial charge in [-0.2, -0.15) is 5.26 Å². The lowest BCUT2D eigenvalue weighted by Crippen LogP contribution is -2.17. The molecule has 0 aliphatic heterocycles. The number of benzene rings is 3. The Kier molecular flexibility index (Phi) is 6.46. The van der Waals surface area contributed by atoms with Gasteiger partial charge in [-0.1, -0.05) is 54.1 Å². The van der Waals surface area contributed by atoms with Crippen LogP contribution in [0.15, 0.2) is 78.9 Å². The Hall–Kier alpha value is -3.55. The molecule has 3 aromatic rings. The summed E-state index contributed by atoms with van der Waals surface area (Å²) >= 11 is 5.99. The molecule has 0 radical (unpaired) electrons. The molecule has 0 atom stereocenters. The minimum absolute atomic E-state index is 0.182. The monoisotopic (exact) mass is 389 g/mol. The molecule has 0 unspecified atom stereocenters. The maximum atomic E-state index is 11.9. The van der Waals surface area contributed by atoms with Gasteiger partial charge in [-0.25, -0.2) is 4.79 Å². The Balaban J connectivity index is 1.62. The number of para-hydroxylation sites is 1. The summed E-state index contributed by atoms with van der Waals surface area (Å²) in [5.41, 5.74) is 2.03. The molecule has 5 heteroatoms. The van der Waals surface area contributed by atoms with Crippen LogP contribution in [0.3, 0.4) is 0 Å².